The van der Waals surface area contributed by atoms with Crippen molar-refractivity contribution in [3.63, 3.8) is 0 Å². The Bertz CT molecular complexity index is 1160. The van der Waals surface area contributed by atoms with E-state index in [1.165, 1.54) is 16.4 Å². The Morgan fingerprint density at radius 3 is 2.50 bits per heavy atom. The standard InChI is InChI=1S/C29H40N2O6S/c1-20(2)17-31(38(34,35)24-13-11-23(30)12-14-24)18-26(32)22(15-21-7-4-3-5-8-21)16-29(33)37-28-19-36-27-10-6-9-25(27)28/h3-5,7-8,11-14,20,22,25-28,32H,6,9-10,15-19,30H2,1-2H3/t22-,25-,26-,27+,28+/m1/s1. The Labute approximate surface area is 226 Å². The van der Waals surface area contributed by atoms with Crippen molar-refractivity contribution in [1.29, 1.82) is 0 Å². The van der Waals surface area contributed by atoms with E-state index >= 15 is 0 Å². The van der Waals surface area contributed by atoms with Gasteiger partial charge in [-0.2, -0.15) is 4.31 Å². The third-order valence-electron chi connectivity index (χ3n) is 7.53. The fourth-order valence-corrected chi connectivity index (χ4v) is 7.19. The molecule has 9 heteroatoms. The van der Waals surface area contributed by atoms with Crippen LogP contribution in [0.25, 0.3) is 0 Å². The Kier molecular flexibility index (Phi) is 9.46. The number of esters is 1. The number of carbonyl (C=O) groups is 1. The molecular formula is C29H40N2O6S. The number of hydrogen-bond donors (Lipinski definition) is 2. The quantitative estimate of drug-likeness (QED) is 0.309. The van der Waals surface area contributed by atoms with Gasteiger partial charge in [0.2, 0.25) is 10.0 Å². The maximum atomic E-state index is 13.5. The van der Waals surface area contributed by atoms with Crippen molar-refractivity contribution >= 4 is 21.7 Å². The predicted molar refractivity (Wildman–Crippen MR) is 146 cm³/mol. The zero-order chi connectivity index (χ0) is 27.3. The molecule has 208 valence electrons. The molecule has 4 rings (SSSR count). The molecule has 2 fully saturated rings. The molecule has 5 atom stereocenters. The summed E-state index contributed by atoms with van der Waals surface area (Å²) in [5.74, 6) is -0.640. The van der Waals surface area contributed by atoms with Gasteiger partial charge in [0.05, 0.1) is 30.1 Å². The molecule has 0 aromatic heterocycles. The minimum absolute atomic E-state index is 0.0125. The number of aliphatic hydroxyl groups excluding tert-OH is 1. The molecule has 1 aliphatic carbocycles. The second-order valence-corrected chi connectivity index (χ2v) is 12.9. The Morgan fingerprint density at radius 2 is 1.82 bits per heavy atom. The summed E-state index contributed by atoms with van der Waals surface area (Å²) in [5.41, 5.74) is 7.18. The highest BCUT2D eigenvalue weighted by atomic mass is 32.2. The lowest BCUT2D eigenvalue weighted by atomic mass is 9.90. The number of benzene rings is 2. The zero-order valence-corrected chi connectivity index (χ0v) is 23.1. The number of nitrogens with two attached hydrogens (primary N) is 1. The maximum Gasteiger partial charge on any atom is 0.306 e. The molecule has 1 aliphatic heterocycles. The van der Waals surface area contributed by atoms with E-state index in [1.807, 2.05) is 44.2 Å². The van der Waals surface area contributed by atoms with Crippen molar-refractivity contribution in [2.75, 3.05) is 25.4 Å². The number of rotatable bonds is 12. The molecule has 0 amide bonds. The Balaban J connectivity index is 1.51. The van der Waals surface area contributed by atoms with Crippen LogP contribution in [-0.4, -0.2) is 61.8 Å². The number of hydrogen-bond acceptors (Lipinski definition) is 7. The van der Waals surface area contributed by atoms with Crippen LogP contribution in [-0.2, 0) is 30.7 Å². The topological polar surface area (TPSA) is 119 Å². The van der Waals surface area contributed by atoms with E-state index in [1.54, 1.807) is 12.1 Å². The van der Waals surface area contributed by atoms with Crippen LogP contribution in [0.15, 0.2) is 59.5 Å². The Morgan fingerprint density at radius 1 is 1.11 bits per heavy atom. The SMILES string of the molecule is CC(C)CN(C[C@@H](O)[C@@H](CC(=O)O[C@H]1CO[C@H]2CCC[C@H]21)Cc1ccccc1)S(=O)(=O)c1ccc(N)cc1. The summed E-state index contributed by atoms with van der Waals surface area (Å²) in [4.78, 5) is 13.2. The summed E-state index contributed by atoms with van der Waals surface area (Å²) in [5, 5.41) is 11.4. The third-order valence-corrected chi connectivity index (χ3v) is 9.38. The molecule has 8 nitrogen and oxygen atoms in total. The molecule has 2 aromatic rings. The van der Waals surface area contributed by atoms with Gasteiger partial charge in [-0.25, -0.2) is 8.42 Å². The highest BCUT2D eigenvalue weighted by Gasteiger charge is 2.43. The molecule has 0 bridgehead atoms. The molecule has 0 radical (unpaired) electrons. The van der Waals surface area contributed by atoms with Crippen LogP contribution >= 0.6 is 0 Å². The van der Waals surface area contributed by atoms with Gasteiger partial charge in [0.1, 0.15) is 6.10 Å². The summed E-state index contributed by atoms with van der Waals surface area (Å²) in [6.45, 7) is 4.37. The first-order valence-electron chi connectivity index (χ1n) is 13.5. The number of anilines is 1. The third kappa shape index (κ3) is 7.14. The van der Waals surface area contributed by atoms with Crippen LogP contribution < -0.4 is 5.73 Å². The molecular weight excluding hydrogens is 504 g/mol. The first kappa shape index (κ1) is 28.5. The molecule has 1 heterocycles. The molecule has 1 saturated carbocycles. The minimum atomic E-state index is -3.89. The van der Waals surface area contributed by atoms with Crippen molar-refractivity contribution in [1.82, 2.24) is 4.31 Å². The van der Waals surface area contributed by atoms with Crippen molar-refractivity contribution < 1.29 is 27.8 Å². The second-order valence-electron chi connectivity index (χ2n) is 11.0. The van der Waals surface area contributed by atoms with E-state index in [2.05, 4.69) is 0 Å². The van der Waals surface area contributed by atoms with Gasteiger partial charge < -0.3 is 20.3 Å². The van der Waals surface area contributed by atoms with E-state index in [9.17, 15) is 18.3 Å². The number of fused-ring (bicyclic) bond motifs is 1. The zero-order valence-electron chi connectivity index (χ0n) is 22.2. The van der Waals surface area contributed by atoms with Crippen LogP contribution in [0, 0.1) is 17.8 Å². The maximum absolute atomic E-state index is 13.5. The van der Waals surface area contributed by atoms with Gasteiger partial charge in [-0.1, -0.05) is 50.6 Å². The lowest BCUT2D eigenvalue weighted by Crippen LogP contribution is -2.43. The van der Waals surface area contributed by atoms with Gasteiger partial charge in [0, 0.05) is 30.6 Å². The predicted octanol–water partition coefficient (Wildman–Crippen LogP) is 3.64. The second kappa shape index (κ2) is 12.6. The number of carbonyl (C=O) groups excluding carboxylic acids is 1. The van der Waals surface area contributed by atoms with E-state index in [0.29, 0.717) is 18.7 Å². The van der Waals surface area contributed by atoms with Gasteiger partial charge >= 0.3 is 5.97 Å². The molecule has 2 aromatic carbocycles. The van der Waals surface area contributed by atoms with Gasteiger partial charge in [0.25, 0.3) is 0 Å². The fourth-order valence-electron chi connectivity index (χ4n) is 5.57. The first-order chi connectivity index (χ1) is 18.1. The summed E-state index contributed by atoms with van der Waals surface area (Å²) in [6.07, 6.45) is 2.31. The van der Waals surface area contributed by atoms with Crippen molar-refractivity contribution in [3.8, 4) is 0 Å². The molecule has 1 saturated heterocycles. The number of aliphatic hydroxyl groups is 1. The summed E-state index contributed by atoms with van der Waals surface area (Å²) in [6, 6.07) is 15.6. The largest absolute Gasteiger partial charge is 0.459 e. The average Bonchev–Trinajstić information content (AvgIpc) is 3.49. The fraction of sp³-hybridized carbons (Fsp3) is 0.552. The first-order valence-corrected chi connectivity index (χ1v) is 15.0. The van der Waals surface area contributed by atoms with Crippen LogP contribution in [0.4, 0.5) is 5.69 Å². The van der Waals surface area contributed by atoms with Gasteiger partial charge in [0.15, 0.2) is 0 Å². The van der Waals surface area contributed by atoms with Crippen LogP contribution in [0.2, 0.25) is 0 Å². The van der Waals surface area contributed by atoms with E-state index in [4.69, 9.17) is 15.2 Å². The highest BCUT2D eigenvalue weighted by molar-refractivity contribution is 7.89. The van der Waals surface area contributed by atoms with E-state index < -0.39 is 22.0 Å². The smallest absolute Gasteiger partial charge is 0.306 e. The monoisotopic (exact) mass is 544 g/mol. The van der Waals surface area contributed by atoms with Crippen LogP contribution in [0.3, 0.4) is 0 Å². The average molecular weight is 545 g/mol. The normalized spacial score (nSPS) is 22.9. The van der Waals surface area contributed by atoms with Gasteiger partial charge in [-0.05, 0) is 55.0 Å². The minimum Gasteiger partial charge on any atom is -0.459 e. The van der Waals surface area contributed by atoms with E-state index in [-0.39, 0.29) is 54.4 Å². The van der Waals surface area contributed by atoms with Crippen LogP contribution in [0.5, 0.6) is 0 Å². The number of sulfonamides is 1. The summed E-state index contributed by atoms with van der Waals surface area (Å²) < 4.78 is 40.0. The van der Waals surface area contributed by atoms with E-state index in [0.717, 1.165) is 24.8 Å². The number of ether oxygens (including phenoxy) is 2. The highest BCUT2D eigenvalue weighted by Crippen LogP contribution is 2.37. The lowest BCUT2D eigenvalue weighted by molar-refractivity contribution is -0.153. The van der Waals surface area contributed by atoms with Gasteiger partial charge in [-0.3, -0.25) is 4.79 Å². The summed E-state index contributed by atoms with van der Waals surface area (Å²) >= 11 is 0. The molecule has 0 spiro atoms. The number of nitrogen functional groups attached to an aromatic ring is 1. The molecule has 3 N–H and O–H groups in total. The molecule has 2 aliphatic rings. The van der Waals surface area contributed by atoms with Crippen LogP contribution in [0.1, 0.15) is 45.1 Å². The Hall–Kier alpha value is -2.46. The van der Waals surface area contributed by atoms with Crippen molar-refractivity contribution in [3.05, 3.63) is 60.2 Å². The van der Waals surface area contributed by atoms with Crippen molar-refractivity contribution in [2.24, 2.45) is 17.8 Å². The lowest BCUT2D eigenvalue weighted by Gasteiger charge is -2.30. The summed E-state index contributed by atoms with van der Waals surface area (Å²) in [7, 11) is -3.89. The molecule has 0 unspecified atom stereocenters. The van der Waals surface area contributed by atoms with Crippen molar-refractivity contribution in [2.45, 2.75) is 69.2 Å². The molecule has 38 heavy (non-hydrogen) atoms. The number of nitrogens with zero attached hydrogens (tertiary/aromatic N) is 1. The van der Waals surface area contributed by atoms with Gasteiger partial charge in [-0.15, -0.1) is 0 Å².